The van der Waals surface area contributed by atoms with Crippen molar-refractivity contribution in [3.8, 4) is 0 Å². The standard InChI is InChI=1S/C22H31N3O3S/c1-16-6-5-7-20(17(16)2)23-22(26)15-24-13-10-18-14-19(8-9-21(18)24)29(27,28)25-11-3-4-12-25/h8-10,13-14,16-17,20H,3-7,11-12,15H2,1-2H3,(H,23,26)/t16-,17-,20+/m1/s1. The van der Waals surface area contributed by atoms with Crippen LogP contribution >= 0.6 is 0 Å². The average Bonchev–Trinajstić information content (AvgIpc) is 3.36. The number of carbonyl (C=O) groups excluding carboxylic acids is 1. The van der Waals surface area contributed by atoms with Crippen molar-refractivity contribution in [3.63, 3.8) is 0 Å². The summed E-state index contributed by atoms with van der Waals surface area (Å²) in [5.74, 6) is 1.15. The van der Waals surface area contributed by atoms with Crippen molar-refractivity contribution in [1.82, 2.24) is 14.2 Å². The average molecular weight is 418 g/mol. The maximum atomic E-state index is 12.8. The molecule has 1 saturated heterocycles. The van der Waals surface area contributed by atoms with E-state index in [1.54, 1.807) is 16.4 Å². The molecule has 3 atom stereocenters. The fourth-order valence-electron chi connectivity index (χ4n) is 4.75. The van der Waals surface area contributed by atoms with Crippen molar-refractivity contribution in [1.29, 1.82) is 0 Å². The highest BCUT2D eigenvalue weighted by Gasteiger charge is 2.29. The number of rotatable bonds is 5. The van der Waals surface area contributed by atoms with Crippen molar-refractivity contribution < 1.29 is 13.2 Å². The zero-order chi connectivity index (χ0) is 20.6. The van der Waals surface area contributed by atoms with Crippen LogP contribution in [0.3, 0.4) is 0 Å². The molecule has 2 heterocycles. The summed E-state index contributed by atoms with van der Waals surface area (Å²) in [6.45, 7) is 5.93. The maximum Gasteiger partial charge on any atom is 0.243 e. The summed E-state index contributed by atoms with van der Waals surface area (Å²) >= 11 is 0. The van der Waals surface area contributed by atoms with Crippen molar-refractivity contribution in [2.75, 3.05) is 13.1 Å². The lowest BCUT2D eigenvalue weighted by Crippen LogP contribution is -2.44. The molecule has 2 fully saturated rings. The summed E-state index contributed by atoms with van der Waals surface area (Å²) in [4.78, 5) is 13.0. The summed E-state index contributed by atoms with van der Waals surface area (Å²) in [5, 5.41) is 4.06. The SMILES string of the molecule is C[C@@H]1[C@H](C)CCC[C@@H]1NC(=O)Cn1ccc2cc(S(=O)(=O)N3CCCC3)ccc21. The smallest absolute Gasteiger partial charge is 0.243 e. The van der Waals surface area contributed by atoms with Crippen LogP contribution in [-0.4, -0.2) is 42.3 Å². The normalized spacial score (nSPS) is 26.1. The number of aromatic nitrogens is 1. The molecule has 0 bridgehead atoms. The van der Waals surface area contributed by atoms with Gasteiger partial charge in [-0.25, -0.2) is 8.42 Å². The molecule has 1 aromatic carbocycles. The Morgan fingerprint density at radius 3 is 2.62 bits per heavy atom. The van der Waals surface area contributed by atoms with Gasteiger partial charge in [0.05, 0.1) is 4.90 Å². The molecule has 0 radical (unpaired) electrons. The van der Waals surface area contributed by atoms with E-state index < -0.39 is 10.0 Å². The summed E-state index contributed by atoms with van der Waals surface area (Å²) in [6, 6.07) is 7.33. The van der Waals surface area contributed by atoms with Crippen molar-refractivity contribution >= 4 is 26.8 Å². The van der Waals surface area contributed by atoms with Gasteiger partial charge in [0.15, 0.2) is 0 Å². The lowest BCUT2D eigenvalue weighted by Gasteiger charge is -2.34. The number of hydrogen-bond acceptors (Lipinski definition) is 3. The Morgan fingerprint density at radius 1 is 1.10 bits per heavy atom. The Hall–Kier alpha value is -1.86. The first kappa shape index (κ1) is 20.4. The van der Waals surface area contributed by atoms with Crippen molar-refractivity contribution in [3.05, 3.63) is 30.5 Å². The molecule has 29 heavy (non-hydrogen) atoms. The van der Waals surface area contributed by atoms with E-state index in [4.69, 9.17) is 0 Å². The van der Waals surface area contributed by atoms with E-state index in [1.165, 1.54) is 6.42 Å². The summed E-state index contributed by atoms with van der Waals surface area (Å²) in [6.07, 6.45) is 7.15. The molecule has 2 aliphatic rings. The molecule has 1 aliphatic heterocycles. The van der Waals surface area contributed by atoms with Crippen LogP contribution < -0.4 is 5.32 Å². The van der Waals surface area contributed by atoms with Gasteiger partial charge in [0, 0.05) is 36.2 Å². The van der Waals surface area contributed by atoms with Gasteiger partial charge in [0.1, 0.15) is 6.54 Å². The zero-order valence-electron chi connectivity index (χ0n) is 17.3. The molecule has 1 amide bonds. The monoisotopic (exact) mass is 417 g/mol. The number of benzene rings is 1. The minimum Gasteiger partial charge on any atom is -0.352 e. The van der Waals surface area contributed by atoms with Crippen LogP contribution in [0.2, 0.25) is 0 Å². The number of fused-ring (bicyclic) bond motifs is 1. The number of amides is 1. The second-order valence-corrected chi connectivity index (χ2v) is 10.7. The molecule has 4 rings (SSSR count). The first-order chi connectivity index (χ1) is 13.9. The first-order valence-electron chi connectivity index (χ1n) is 10.7. The fourth-order valence-corrected chi connectivity index (χ4v) is 6.30. The number of nitrogens with one attached hydrogen (secondary N) is 1. The molecule has 2 aromatic rings. The van der Waals surface area contributed by atoms with Crippen LogP contribution in [0.15, 0.2) is 35.4 Å². The highest BCUT2D eigenvalue weighted by Crippen LogP contribution is 2.29. The summed E-state index contributed by atoms with van der Waals surface area (Å²) in [7, 11) is -3.43. The predicted octanol–water partition coefficient (Wildman–Crippen LogP) is 3.37. The van der Waals surface area contributed by atoms with Gasteiger partial charge < -0.3 is 9.88 Å². The topological polar surface area (TPSA) is 71.4 Å². The van der Waals surface area contributed by atoms with Crippen LogP contribution in [0, 0.1) is 11.8 Å². The second kappa shape index (κ2) is 8.11. The largest absolute Gasteiger partial charge is 0.352 e. The Kier molecular flexibility index (Phi) is 5.71. The number of sulfonamides is 1. The Labute approximate surface area is 173 Å². The number of carbonyl (C=O) groups is 1. The highest BCUT2D eigenvalue weighted by atomic mass is 32.2. The number of hydrogen-bond donors (Lipinski definition) is 1. The van der Waals surface area contributed by atoms with E-state index >= 15 is 0 Å². The lowest BCUT2D eigenvalue weighted by molar-refractivity contribution is -0.123. The Bertz CT molecular complexity index is 992. The minimum absolute atomic E-state index is 0.0159. The zero-order valence-corrected chi connectivity index (χ0v) is 18.1. The van der Waals surface area contributed by atoms with Crippen molar-refractivity contribution in [2.45, 2.75) is 63.4 Å². The molecular weight excluding hydrogens is 386 g/mol. The molecule has 1 aliphatic carbocycles. The van der Waals surface area contributed by atoms with E-state index in [1.807, 2.05) is 22.9 Å². The van der Waals surface area contributed by atoms with Gasteiger partial charge in [-0.3, -0.25) is 4.79 Å². The van der Waals surface area contributed by atoms with Gasteiger partial charge in [-0.2, -0.15) is 4.31 Å². The highest BCUT2D eigenvalue weighted by molar-refractivity contribution is 7.89. The minimum atomic E-state index is -3.43. The molecule has 1 saturated carbocycles. The van der Waals surface area contributed by atoms with Crippen LogP contribution in [0.1, 0.15) is 46.0 Å². The molecule has 7 heteroatoms. The van der Waals surface area contributed by atoms with E-state index in [2.05, 4.69) is 19.2 Å². The number of nitrogens with zero attached hydrogens (tertiary/aromatic N) is 2. The van der Waals surface area contributed by atoms with E-state index in [9.17, 15) is 13.2 Å². The third-order valence-corrected chi connectivity index (χ3v) is 8.71. The summed E-state index contributed by atoms with van der Waals surface area (Å²) in [5.41, 5.74) is 0.880. The van der Waals surface area contributed by atoms with Crippen LogP contribution in [0.25, 0.3) is 10.9 Å². The van der Waals surface area contributed by atoms with E-state index in [0.717, 1.165) is 36.6 Å². The predicted molar refractivity (Wildman–Crippen MR) is 114 cm³/mol. The molecule has 0 spiro atoms. The molecule has 1 aromatic heterocycles. The van der Waals surface area contributed by atoms with Gasteiger partial charge in [0.25, 0.3) is 0 Å². The second-order valence-electron chi connectivity index (χ2n) is 8.72. The van der Waals surface area contributed by atoms with Gasteiger partial charge in [-0.1, -0.05) is 26.7 Å². The van der Waals surface area contributed by atoms with Crippen LogP contribution in [-0.2, 0) is 21.4 Å². The van der Waals surface area contributed by atoms with Gasteiger partial charge in [-0.15, -0.1) is 0 Å². The third-order valence-electron chi connectivity index (χ3n) is 6.81. The molecule has 6 nitrogen and oxygen atoms in total. The lowest BCUT2D eigenvalue weighted by atomic mass is 9.78. The van der Waals surface area contributed by atoms with E-state index in [0.29, 0.717) is 29.8 Å². The Morgan fingerprint density at radius 2 is 1.86 bits per heavy atom. The van der Waals surface area contributed by atoms with Gasteiger partial charge in [0.2, 0.25) is 15.9 Å². The van der Waals surface area contributed by atoms with Crippen LogP contribution in [0.4, 0.5) is 0 Å². The van der Waals surface area contributed by atoms with Crippen molar-refractivity contribution in [2.24, 2.45) is 11.8 Å². The van der Waals surface area contributed by atoms with E-state index in [-0.39, 0.29) is 18.5 Å². The first-order valence-corrected chi connectivity index (χ1v) is 12.2. The fraction of sp³-hybridized carbons (Fsp3) is 0.591. The van der Waals surface area contributed by atoms with Gasteiger partial charge in [-0.05, 0) is 55.4 Å². The van der Waals surface area contributed by atoms with Gasteiger partial charge >= 0.3 is 0 Å². The third kappa shape index (κ3) is 4.08. The Balaban J connectivity index is 1.48. The quantitative estimate of drug-likeness (QED) is 0.811. The molecule has 1 N–H and O–H groups in total. The summed E-state index contributed by atoms with van der Waals surface area (Å²) < 4.78 is 29.0. The maximum absolute atomic E-state index is 12.8. The van der Waals surface area contributed by atoms with Crippen LogP contribution in [0.5, 0.6) is 0 Å². The molecule has 0 unspecified atom stereocenters. The molecular formula is C22H31N3O3S. The molecule has 158 valence electrons.